The highest BCUT2D eigenvalue weighted by Crippen LogP contribution is 2.27. The second-order valence-corrected chi connectivity index (χ2v) is 12.3. The number of hydrogen-bond acceptors (Lipinski definition) is 9. The SMILES string of the molecule is C=CCCc1cccc(C=O)c1C(=O)N(C)C1CCC(=O)NC1=O.CNCCC(c1ccccc1)c1ccccc1.CNCCOCCOCCC=O. The summed E-state index contributed by atoms with van der Waals surface area (Å²) < 4.78 is 10.3. The van der Waals surface area contributed by atoms with E-state index in [0.717, 1.165) is 31.4 Å². The van der Waals surface area contributed by atoms with Gasteiger partial charge in [0.25, 0.3) is 5.91 Å². The van der Waals surface area contributed by atoms with Crippen molar-refractivity contribution in [1.82, 2.24) is 20.9 Å². The maximum absolute atomic E-state index is 12.9. The Hall–Kier alpha value is -4.81. The molecule has 53 heavy (non-hydrogen) atoms. The predicted molar refractivity (Wildman–Crippen MR) is 208 cm³/mol. The van der Waals surface area contributed by atoms with E-state index in [-0.39, 0.29) is 18.7 Å². The number of amides is 3. The molecule has 0 spiro atoms. The van der Waals surface area contributed by atoms with E-state index in [1.165, 1.54) is 23.1 Å². The van der Waals surface area contributed by atoms with Gasteiger partial charge in [-0.05, 0) is 63.0 Å². The summed E-state index contributed by atoms with van der Waals surface area (Å²) in [5, 5.41) is 8.44. The lowest BCUT2D eigenvalue weighted by atomic mass is 9.88. The molecule has 0 radical (unpaired) electrons. The summed E-state index contributed by atoms with van der Waals surface area (Å²) >= 11 is 0. The molecule has 1 saturated heterocycles. The number of carbonyl (C=O) groups is 5. The van der Waals surface area contributed by atoms with Gasteiger partial charge in [-0.2, -0.15) is 0 Å². The van der Waals surface area contributed by atoms with Gasteiger partial charge in [0, 0.05) is 37.9 Å². The maximum Gasteiger partial charge on any atom is 0.255 e. The molecule has 286 valence electrons. The third-order valence-electron chi connectivity index (χ3n) is 8.47. The van der Waals surface area contributed by atoms with E-state index < -0.39 is 17.9 Å². The molecule has 3 aromatic rings. The van der Waals surface area contributed by atoms with Crippen LogP contribution < -0.4 is 16.0 Å². The normalized spacial score (nSPS) is 13.5. The third kappa shape index (κ3) is 16.2. The number of aldehydes is 2. The number of carbonyl (C=O) groups excluding carboxylic acids is 5. The lowest BCUT2D eigenvalue weighted by Crippen LogP contribution is -2.53. The molecule has 11 heteroatoms. The second-order valence-electron chi connectivity index (χ2n) is 12.3. The van der Waals surface area contributed by atoms with Gasteiger partial charge >= 0.3 is 0 Å². The zero-order chi connectivity index (χ0) is 38.7. The first-order chi connectivity index (χ1) is 25.8. The van der Waals surface area contributed by atoms with Crippen LogP contribution in [-0.2, 0) is 30.3 Å². The van der Waals surface area contributed by atoms with Crippen LogP contribution in [0, 0.1) is 0 Å². The summed E-state index contributed by atoms with van der Waals surface area (Å²) in [5.41, 5.74) is 4.13. The van der Waals surface area contributed by atoms with Gasteiger partial charge in [0.15, 0.2) is 6.29 Å². The molecule has 3 amide bonds. The topological polar surface area (TPSA) is 143 Å². The summed E-state index contributed by atoms with van der Waals surface area (Å²) in [6, 6.07) is 25.9. The molecule has 1 heterocycles. The van der Waals surface area contributed by atoms with Crippen LogP contribution in [0.1, 0.15) is 75.4 Å². The standard InChI is InChI=1S/C18H20N2O4.C16H19N.C8H17NO3/c1-3-4-6-12-7-5-8-13(11-21)16(12)18(24)20(2)14-9-10-15(22)19-17(14)23;1-17-13-12-16(14-8-4-2-5-9-14)15-10-6-3-7-11-15;1-9-3-6-12-8-7-11-5-2-4-10/h3,5,7-8,11,14H,1,4,6,9-10H2,2H3,(H,19,22,23);2-11,16-17H,12-13H2,1H3;4,9H,2-3,5-8H2,1H3. The molecule has 3 aromatic carbocycles. The number of allylic oxidation sites excluding steroid dienone is 1. The molecule has 1 aliphatic rings. The first kappa shape index (κ1) is 44.4. The molecule has 1 atom stereocenters. The Morgan fingerprint density at radius 1 is 0.868 bits per heavy atom. The summed E-state index contributed by atoms with van der Waals surface area (Å²) in [6.07, 6.45) is 6.54. The molecule has 1 fully saturated rings. The number of imide groups is 1. The second kappa shape index (κ2) is 26.9. The van der Waals surface area contributed by atoms with Crippen molar-refractivity contribution in [1.29, 1.82) is 0 Å². The minimum atomic E-state index is -0.720. The van der Waals surface area contributed by atoms with Crippen molar-refractivity contribution in [2.75, 3.05) is 60.7 Å². The fourth-order valence-electron chi connectivity index (χ4n) is 5.63. The van der Waals surface area contributed by atoms with Gasteiger partial charge < -0.3 is 29.8 Å². The number of aryl methyl sites for hydroxylation is 1. The summed E-state index contributed by atoms with van der Waals surface area (Å²) in [5.74, 6) is -0.730. The minimum absolute atomic E-state index is 0.187. The fourth-order valence-corrected chi connectivity index (χ4v) is 5.63. The summed E-state index contributed by atoms with van der Waals surface area (Å²) in [4.78, 5) is 58.7. The highest BCUT2D eigenvalue weighted by atomic mass is 16.5. The monoisotopic (exact) mass is 728 g/mol. The Labute approximate surface area is 314 Å². The molecule has 3 N–H and O–H groups in total. The Kier molecular flexibility index (Phi) is 22.5. The molecular weight excluding hydrogens is 672 g/mol. The van der Waals surface area contributed by atoms with Gasteiger partial charge in [0.05, 0.1) is 32.0 Å². The zero-order valence-corrected chi connectivity index (χ0v) is 31.4. The van der Waals surface area contributed by atoms with Gasteiger partial charge in [-0.25, -0.2) is 0 Å². The smallest absolute Gasteiger partial charge is 0.255 e. The average molecular weight is 729 g/mol. The molecule has 1 unspecified atom stereocenters. The number of nitrogens with one attached hydrogen (secondary N) is 3. The number of piperidine rings is 1. The molecule has 4 rings (SSSR count). The predicted octanol–water partition coefficient (Wildman–Crippen LogP) is 4.75. The number of ether oxygens (including phenoxy) is 2. The number of rotatable bonds is 20. The van der Waals surface area contributed by atoms with Crippen LogP contribution in [0.2, 0.25) is 0 Å². The number of nitrogens with zero attached hydrogens (tertiary/aromatic N) is 1. The number of likely N-dealkylation sites (N-methyl/N-ethyl adjacent to an activating group) is 2. The van der Waals surface area contributed by atoms with Crippen molar-refractivity contribution >= 4 is 30.3 Å². The van der Waals surface area contributed by atoms with Gasteiger partial charge in [-0.15, -0.1) is 6.58 Å². The molecule has 0 aliphatic carbocycles. The largest absolute Gasteiger partial charge is 0.379 e. The van der Waals surface area contributed by atoms with Crippen LogP contribution in [0.5, 0.6) is 0 Å². The van der Waals surface area contributed by atoms with Crippen LogP contribution in [0.15, 0.2) is 91.5 Å². The fraction of sp³-hybridized carbons (Fsp3) is 0.405. The van der Waals surface area contributed by atoms with Gasteiger partial charge in [0.2, 0.25) is 11.8 Å². The Morgan fingerprint density at radius 3 is 2.04 bits per heavy atom. The molecule has 0 bridgehead atoms. The molecule has 1 aliphatic heterocycles. The molecule has 0 aromatic heterocycles. The van der Waals surface area contributed by atoms with Crippen LogP contribution in [-0.4, -0.2) is 102 Å². The lowest BCUT2D eigenvalue weighted by molar-refractivity contribution is -0.136. The van der Waals surface area contributed by atoms with E-state index in [4.69, 9.17) is 9.47 Å². The van der Waals surface area contributed by atoms with Crippen molar-refractivity contribution in [2.45, 2.75) is 50.5 Å². The van der Waals surface area contributed by atoms with Crippen molar-refractivity contribution in [3.63, 3.8) is 0 Å². The quantitative estimate of drug-likeness (QED) is 0.0650. The van der Waals surface area contributed by atoms with Crippen molar-refractivity contribution in [3.05, 3.63) is 119 Å². The van der Waals surface area contributed by atoms with Gasteiger partial charge in [-0.3, -0.25) is 24.5 Å². The van der Waals surface area contributed by atoms with Gasteiger partial charge in [0.1, 0.15) is 12.3 Å². The van der Waals surface area contributed by atoms with E-state index in [1.54, 1.807) is 24.3 Å². The maximum atomic E-state index is 12.9. The van der Waals surface area contributed by atoms with Crippen LogP contribution in [0.25, 0.3) is 0 Å². The Morgan fingerprint density at radius 2 is 1.49 bits per heavy atom. The summed E-state index contributed by atoms with van der Waals surface area (Å²) in [6.45, 7) is 7.93. The first-order valence-electron chi connectivity index (χ1n) is 18.1. The Balaban J connectivity index is 0.000000293. The Bertz CT molecular complexity index is 1500. The third-order valence-corrected chi connectivity index (χ3v) is 8.47. The minimum Gasteiger partial charge on any atom is -0.379 e. The van der Waals surface area contributed by atoms with E-state index in [2.05, 4.69) is 83.2 Å². The first-order valence-corrected chi connectivity index (χ1v) is 18.1. The van der Waals surface area contributed by atoms with Crippen molar-refractivity contribution < 1.29 is 33.4 Å². The van der Waals surface area contributed by atoms with E-state index >= 15 is 0 Å². The number of benzene rings is 3. The highest BCUT2D eigenvalue weighted by Gasteiger charge is 2.33. The van der Waals surface area contributed by atoms with E-state index in [9.17, 15) is 24.0 Å². The van der Waals surface area contributed by atoms with Crippen molar-refractivity contribution in [3.8, 4) is 0 Å². The van der Waals surface area contributed by atoms with Crippen LogP contribution in [0.4, 0.5) is 0 Å². The molecule has 0 saturated carbocycles. The van der Waals surface area contributed by atoms with E-state index in [1.807, 2.05) is 14.1 Å². The van der Waals surface area contributed by atoms with Gasteiger partial charge in [-0.1, -0.05) is 84.9 Å². The highest BCUT2D eigenvalue weighted by molar-refractivity contribution is 6.06. The lowest BCUT2D eigenvalue weighted by Gasteiger charge is -2.30. The van der Waals surface area contributed by atoms with Crippen LogP contribution in [0.3, 0.4) is 0 Å². The van der Waals surface area contributed by atoms with Crippen molar-refractivity contribution in [2.24, 2.45) is 0 Å². The molecular formula is C42H56N4O7. The zero-order valence-electron chi connectivity index (χ0n) is 31.4. The number of hydrogen-bond donors (Lipinski definition) is 3. The summed E-state index contributed by atoms with van der Waals surface area (Å²) in [7, 11) is 5.40. The molecule has 11 nitrogen and oxygen atoms in total. The van der Waals surface area contributed by atoms with Crippen LogP contribution >= 0.6 is 0 Å². The average Bonchev–Trinajstić information content (AvgIpc) is 3.19. The van der Waals surface area contributed by atoms with E-state index in [0.29, 0.717) is 69.0 Å².